The van der Waals surface area contributed by atoms with Gasteiger partial charge in [0.25, 0.3) is 5.56 Å². The summed E-state index contributed by atoms with van der Waals surface area (Å²) < 4.78 is 29.7. The van der Waals surface area contributed by atoms with Gasteiger partial charge in [0.15, 0.2) is 0 Å². The second-order valence-corrected chi connectivity index (χ2v) is 10.3. The number of methoxy groups -OCH3 is 1. The van der Waals surface area contributed by atoms with Crippen LogP contribution in [0, 0.1) is 0 Å². The van der Waals surface area contributed by atoms with Crippen molar-refractivity contribution in [1.29, 1.82) is 0 Å². The molecule has 0 fully saturated rings. The first-order valence-corrected chi connectivity index (χ1v) is 11.9. The maximum absolute atomic E-state index is 12.4. The zero-order chi connectivity index (χ0) is 24.4. The van der Waals surface area contributed by atoms with Crippen molar-refractivity contribution in [1.82, 2.24) is 9.55 Å². The number of benzene rings is 2. The van der Waals surface area contributed by atoms with Crippen molar-refractivity contribution >= 4 is 22.2 Å². The number of nitrogens with one attached hydrogen (secondary N) is 1. The van der Waals surface area contributed by atoms with Crippen molar-refractivity contribution in [3.63, 3.8) is 0 Å². The van der Waals surface area contributed by atoms with Crippen LogP contribution in [0.5, 0.6) is 5.75 Å². The Morgan fingerprint density at radius 1 is 1.06 bits per heavy atom. The van der Waals surface area contributed by atoms with Crippen molar-refractivity contribution in [2.75, 3.05) is 7.11 Å². The third-order valence-electron chi connectivity index (χ3n) is 5.02. The van der Waals surface area contributed by atoms with Gasteiger partial charge in [-0.25, -0.2) is 18.4 Å². The topological polar surface area (TPSA) is 124 Å². The van der Waals surface area contributed by atoms with Crippen LogP contribution in [0.1, 0.15) is 45.9 Å². The number of primary sulfonamides is 1. The zero-order valence-corrected chi connectivity index (χ0v) is 28.0. The summed E-state index contributed by atoms with van der Waals surface area (Å²) in [6, 6.07) is 12.0. The Morgan fingerprint density at radius 3 is 2.20 bits per heavy atom. The summed E-state index contributed by atoms with van der Waals surface area (Å²) in [5.41, 5.74) is 2.38. The second kappa shape index (κ2) is 13.6. The predicted molar refractivity (Wildman–Crippen MR) is 132 cm³/mol. The zero-order valence-electron chi connectivity index (χ0n) is 23.0. The minimum Gasteiger partial charge on any atom is -1.00 e. The van der Waals surface area contributed by atoms with Crippen LogP contribution in [-0.2, 0) is 21.2 Å². The molecule has 2 aromatic carbocycles. The molecular formula is C24H29K2N3O5S. The van der Waals surface area contributed by atoms with Crippen LogP contribution in [0.3, 0.4) is 0 Å². The molecule has 1 aromatic heterocycles. The number of ether oxygens (including phenoxy) is 1. The van der Waals surface area contributed by atoms with Gasteiger partial charge in [0.2, 0.25) is 10.0 Å². The van der Waals surface area contributed by atoms with Crippen LogP contribution in [0.2, 0.25) is 0 Å². The molecule has 0 amide bonds. The molecule has 3 aromatic rings. The normalized spacial score (nSPS) is 11.6. The van der Waals surface area contributed by atoms with Crippen LogP contribution in [-0.4, -0.2) is 25.1 Å². The Balaban J connectivity index is 0. The largest absolute Gasteiger partial charge is 1.00 e. The minimum absolute atomic E-state index is 0. The standard InChI is InChI=1S/C24H27N3O5S.2K.2H/c1-24(2,3)20-14-19(27-12-11-21(28)26-23(27)29)13-18(22(20)32-4)10-9-16-5-7-17(8-6-16)15-33(25,30)31;;;;/h5-14H,15H2,1-4H3,(H2,25,30,31)(H,26,28,29);;;;/q;2*+1;2*-1/b10-9+;;;;. The number of hydrogen-bond donors (Lipinski definition) is 2. The van der Waals surface area contributed by atoms with Gasteiger partial charge in [-0.05, 0) is 28.7 Å². The molecule has 0 bridgehead atoms. The van der Waals surface area contributed by atoms with E-state index in [0.29, 0.717) is 17.0 Å². The number of hydrogen-bond acceptors (Lipinski definition) is 5. The molecule has 0 aliphatic heterocycles. The maximum atomic E-state index is 12.4. The summed E-state index contributed by atoms with van der Waals surface area (Å²) in [7, 11) is -2.00. The molecule has 0 saturated carbocycles. The monoisotopic (exact) mass is 549 g/mol. The van der Waals surface area contributed by atoms with Gasteiger partial charge in [0, 0.05) is 23.4 Å². The van der Waals surface area contributed by atoms with Crippen LogP contribution in [0.4, 0.5) is 0 Å². The summed E-state index contributed by atoms with van der Waals surface area (Å²) in [6.45, 7) is 6.13. The summed E-state index contributed by atoms with van der Waals surface area (Å²) in [5.74, 6) is 0.446. The van der Waals surface area contributed by atoms with E-state index >= 15 is 0 Å². The van der Waals surface area contributed by atoms with Crippen molar-refractivity contribution in [2.45, 2.75) is 31.9 Å². The molecule has 11 heteroatoms. The number of aromatic amines is 1. The van der Waals surface area contributed by atoms with Gasteiger partial charge < -0.3 is 7.59 Å². The Kier molecular flexibility index (Phi) is 12.8. The van der Waals surface area contributed by atoms with E-state index in [1.54, 1.807) is 37.4 Å². The molecule has 0 atom stereocenters. The van der Waals surface area contributed by atoms with E-state index in [-0.39, 0.29) is 117 Å². The van der Waals surface area contributed by atoms with Crippen molar-refractivity contribution in [3.8, 4) is 11.4 Å². The molecule has 0 spiro atoms. The third kappa shape index (κ3) is 9.27. The molecular weight excluding hydrogens is 521 g/mol. The van der Waals surface area contributed by atoms with E-state index in [9.17, 15) is 18.0 Å². The van der Waals surface area contributed by atoms with Crippen LogP contribution < -0.4 is 124 Å². The SMILES string of the molecule is COc1c(/C=C/c2ccc(CS(N)(=O)=O)cc2)cc(-n2ccc(=O)[nH]c2=O)cc1C(C)(C)C.[H-].[H-].[K+].[K+]. The molecule has 0 aliphatic carbocycles. The fraction of sp³-hybridized carbons (Fsp3) is 0.250. The summed E-state index contributed by atoms with van der Waals surface area (Å²) in [5, 5.41) is 5.10. The Labute approximate surface area is 293 Å². The third-order valence-corrected chi connectivity index (χ3v) is 5.76. The predicted octanol–water partition coefficient (Wildman–Crippen LogP) is -2.98. The maximum Gasteiger partial charge on any atom is 1.00 e. The summed E-state index contributed by atoms with van der Waals surface area (Å²) >= 11 is 0. The van der Waals surface area contributed by atoms with E-state index in [0.717, 1.165) is 16.7 Å². The molecule has 0 radical (unpaired) electrons. The Hall–Kier alpha value is -0.157. The van der Waals surface area contributed by atoms with Gasteiger partial charge in [-0.2, -0.15) is 0 Å². The first-order valence-electron chi connectivity index (χ1n) is 10.2. The average Bonchev–Trinajstić information content (AvgIpc) is 2.71. The van der Waals surface area contributed by atoms with Crippen molar-refractivity contribution in [3.05, 3.63) is 91.8 Å². The molecule has 0 saturated heterocycles. The van der Waals surface area contributed by atoms with E-state index in [1.165, 1.54) is 16.8 Å². The van der Waals surface area contributed by atoms with Crippen LogP contribution in [0.15, 0.2) is 58.3 Å². The molecule has 35 heavy (non-hydrogen) atoms. The molecule has 178 valence electrons. The molecule has 1 heterocycles. The first-order chi connectivity index (χ1) is 15.4. The number of rotatable bonds is 6. The first kappa shape index (κ1) is 32.9. The van der Waals surface area contributed by atoms with Gasteiger partial charge in [0.1, 0.15) is 5.75 Å². The van der Waals surface area contributed by atoms with E-state index in [4.69, 9.17) is 9.88 Å². The van der Waals surface area contributed by atoms with Gasteiger partial charge in [0.05, 0.1) is 18.6 Å². The minimum atomic E-state index is -3.59. The number of sulfonamides is 1. The average molecular weight is 550 g/mol. The second-order valence-electron chi connectivity index (χ2n) is 8.73. The molecule has 3 rings (SSSR count). The van der Waals surface area contributed by atoms with Crippen LogP contribution >= 0.6 is 0 Å². The summed E-state index contributed by atoms with van der Waals surface area (Å²) in [4.78, 5) is 26.1. The number of H-pyrrole nitrogens is 1. The fourth-order valence-electron chi connectivity index (χ4n) is 3.45. The number of aromatic nitrogens is 2. The smallest absolute Gasteiger partial charge is 1.00 e. The Morgan fingerprint density at radius 2 is 1.69 bits per heavy atom. The van der Waals surface area contributed by atoms with Gasteiger partial charge in [-0.3, -0.25) is 14.3 Å². The van der Waals surface area contributed by atoms with Gasteiger partial charge >= 0.3 is 108 Å². The molecule has 0 aliphatic rings. The molecule has 3 N–H and O–H groups in total. The van der Waals surface area contributed by atoms with Crippen molar-refractivity contribution < 1.29 is 119 Å². The number of nitrogens with two attached hydrogens (primary N) is 1. The van der Waals surface area contributed by atoms with E-state index in [2.05, 4.69) is 4.98 Å². The number of nitrogens with zero attached hydrogens (tertiary/aromatic N) is 1. The fourth-order valence-corrected chi connectivity index (χ4v) is 4.10. The van der Waals surface area contributed by atoms with E-state index < -0.39 is 21.3 Å². The Bertz CT molecular complexity index is 1430. The summed E-state index contributed by atoms with van der Waals surface area (Å²) in [6.07, 6.45) is 5.17. The quantitative estimate of drug-likeness (QED) is 0.251. The van der Waals surface area contributed by atoms with Crippen LogP contribution in [0.25, 0.3) is 17.8 Å². The molecule has 0 unspecified atom stereocenters. The van der Waals surface area contributed by atoms with Crippen molar-refractivity contribution in [2.24, 2.45) is 5.14 Å². The van der Waals surface area contributed by atoms with Gasteiger partial charge in [-0.15, -0.1) is 0 Å². The van der Waals surface area contributed by atoms with E-state index in [1.807, 2.05) is 39.0 Å². The molecule has 8 nitrogen and oxygen atoms in total. The van der Waals surface area contributed by atoms with Gasteiger partial charge in [-0.1, -0.05) is 57.2 Å².